The minimum Gasteiger partial charge on any atom is -0.388 e. The molecule has 0 aliphatic carbocycles. The number of aliphatic hydroxyl groups excluding tert-OH is 1. The molecule has 0 saturated carbocycles. The van der Waals surface area contributed by atoms with Crippen LogP contribution in [0.4, 0.5) is 0 Å². The molecule has 2 rings (SSSR count). The molecule has 2 aromatic rings. The van der Waals surface area contributed by atoms with Crippen molar-refractivity contribution in [2.24, 2.45) is 5.92 Å². The SMILES string of the molecule is Cc1cc(C)c(C(=O)[C@@H](C)[C@H](O)c2ccccc2)c(C)c1. The molecule has 0 fully saturated rings. The van der Waals surface area contributed by atoms with Crippen LogP contribution < -0.4 is 0 Å². The fourth-order valence-electron chi connectivity index (χ4n) is 2.88. The van der Waals surface area contributed by atoms with Gasteiger partial charge in [-0.25, -0.2) is 0 Å². The molecule has 0 radical (unpaired) electrons. The van der Waals surface area contributed by atoms with Gasteiger partial charge in [0.05, 0.1) is 6.10 Å². The van der Waals surface area contributed by atoms with Crippen LogP contribution in [0.2, 0.25) is 0 Å². The monoisotopic (exact) mass is 282 g/mol. The zero-order valence-electron chi connectivity index (χ0n) is 13.1. The summed E-state index contributed by atoms with van der Waals surface area (Å²) < 4.78 is 0. The lowest BCUT2D eigenvalue weighted by atomic mass is 9.86. The second-order valence-corrected chi connectivity index (χ2v) is 5.78. The van der Waals surface area contributed by atoms with Crippen molar-refractivity contribution in [3.8, 4) is 0 Å². The number of Topliss-reactive ketones (excluding diaryl/α,β-unsaturated/α-hetero) is 1. The Bertz CT molecular complexity index is 621. The van der Waals surface area contributed by atoms with Crippen LogP contribution in [0.3, 0.4) is 0 Å². The van der Waals surface area contributed by atoms with E-state index in [4.69, 9.17) is 0 Å². The molecule has 0 aromatic heterocycles. The smallest absolute Gasteiger partial charge is 0.169 e. The van der Waals surface area contributed by atoms with Crippen molar-refractivity contribution in [1.82, 2.24) is 0 Å². The topological polar surface area (TPSA) is 37.3 Å². The second kappa shape index (κ2) is 6.23. The average molecular weight is 282 g/mol. The van der Waals surface area contributed by atoms with E-state index in [-0.39, 0.29) is 5.78 Å². The lowest BCUT2D eigenvalue weighted by molar-refractivity contribution is 0.0712. The first-order valence-corrected chi connectivity index (χ1v) is 7.27. The van der Waals surface area contributed by atoms with Crippen molar-refractivity contribution >= 4 is 5.78 Å². The third-order valence-corrected chi connectivity index (χ3v) is 3.95. The van der Waals surface area contributed by atoms with Crippen LogP contribution in [0, 0.1) is 26.7 Å². The molecule has 2 aromatic carbocycles. The lowest BCUT2D eigenvalue weighted by Gasteiger charge is -2.20. The molecule has 2 heteroatoms. The number of benzene rings is 2. The fourth-order valence-corrected chi connectivity index (χ4v) is 2.88. The van der Waals surface area contributed by atoms with Gasteiger partial charge in [0.1, 0.15) is 0 Å². The normalized spacial score (nSPS) is 13.8. The largest absolute Gasteiger partial charge is 0.388 e. The highest BCUT2D eigenvalue weighted by molar-refractivity contribution is 6.00. The van der Waals surface area contributed by atoms with Gasteiger partial charge in [0.25, 0.3) is 0 Å². The predicted octanol–water partition coefficient (Wildman–Crippen LogP) is 4.16. The molecule has 0 saturated heterocycles. The maximum atomic E-state index is 12.8. The Morgan fingerprint density at radius 2 is 1.52 bits per heavy atom. The highest BCUT2D eigenvalue weighted by Crippen LogP contribution is 2.27. The Morgan fingerprint density at radius 1 is 1.00 bits per heavy atom. The Balaban J connectivity index is 2.32. The van der Waals surface area contributed by atoms with Gasteiger partial charge in [-0.3, -0.25) is 4.79 Å². The first-order chi connectivity index (χ1) is 9.91. The maximum absolute atomic E-state index is 12.8. The summed E-state index contributed by atoms with van der Waals surface area (Å²) in [5, 5.41) is 10.4. The number of rotatable bonds is 4. The molecule has 0 amide bonds. The zero-order chi connectivity index (χ0) is 15.6. The van der Waals surface area contributed by atoms with Gasteiger partial charge < -0.3 is 5.11 Å². The van der Waals surface area contributed by atoms with E-state index in [0.717, 1.165) is 27.8 Å². The summed E-state index contributed by atoms with van der Waals surface area (Å²) >= 11 is 0. The Hall–Kier alpha value is -1.93. The van der Waals surface area contributed by atoms with Crippen molar-refractivity contribution in [3.63, 3.8) is 0 Å². The standard InChI is InChI=1S/C19H22O2/c1-12-10-13(2)17(14(3)11-12)19(21)15(4)18(20)16-8-6-5-7-9-16/h5-11,15,18,20H,1-4H3/t15-,18-/m0/s1. The van der Waals surface area contributed by atoms with E-state index >= 15 is 0 Å². The number of aliphatic hydroxyl groups is 1. The highest BCUT2D eigenvalue weighted by atomic mass is 16.3. The van der Waals surface area contributed by atoms with Gasteiger partial charge in [-0.2, -0.15) is 0 Å². The Morgan fingerprint density at radius 3 is 2.05 bits per heavy atom. The molecule has 21 heavy (non-hydrogen) atoms. The molecule has 0 aliphatic heterocycles. The molecule has 0 unspecified atom stereocenters. The van der Waals surface area contributed by atoms with E-state index in [9.17, 15) is 9.90 Å². The van der Waals surface area contributed by atoms with Crippen LogP contribution >= 0.6 is 0 Å². The van der Waals surface area contributed by atoms with Gasteiger partial charge in [-0.15, -0.1) is 0 Å². The zero-order valence-corrected chi connectivity index (χ0v) is 13.1. The molecule has 0 heterocycles. The van der Waals surface area contributed by atoms with Crippen LogP contribution in [0.15, 0.2) is 42.5 Å². The fraction of sp³-hybridized carbons (Fsp3) is 0.316. The predicted molar refractivity (Wildman–Crippen MR) is 85.5 cm³/mol. The van der Waals surface area contributed by atoms with Gasteiger partial charge in [0.15, 0.2) is 5.78 Å². The summed E-state index contributed by atoms with van der Waals surface area (Å²) in [4.78, 5) is 12.8. The Labute approximate surface area is 126 Å². The molecule has 2 atom stereocenters. The minimum atomic E-state index is -0.779. The third kappa shape index (κ3) is 3.22. The summed E-state index contributed by atoms with van der Waals surface area (Å²) in [6, 6.07) is 13.4. The number of ketones is 1. The van der Waals surface area contributed by atoms with E-state index in [1.54, 1.807) is 6.92 Å². The number of carbonyl (C=O) groups is 1. The van der Waals surface area contributed by atoms with Crippen molar-refractivity contribution in [2.45, 2.75) is 33.8 Å². The summed E-state index contributed by atoms with van der Waals surface area (Å²) in [5.41, 5.74) is 4.62. The van der Waals surface area contributed by atoms with Crippen LogP contribution in [0.1, 0.15) is 45.6 Å². The van der Waals surface area contributed by atoms with Gasteiger partial charge >= 0.3 is 0 Å². The van der Waals surface area contributed by atoms with Gasteiger partial charge in [0.2, 0.25) is 0 Å². The lowest BCUT2D eigenvalue weighted by Crippen LogP contribution is -2.21. The molecule has 2 nitrogen and oxygen atoms in total. The Kier molecular flexibility index (Phi) is 4.59. The van der Waals surface area contributed by atoms with Crippen LogP contribution in [0.25, 0.3) is 0 Å². The van der Waals surface area contributed by atoms with Gasteiger partial charge in [-0.1, -0.05) is 55.0 Å². The molecular formula is C19H22O2. The van der Waals surface area contributed by atoms with E-state index in [1.807, 2.05) is 63.2 Å². The molecule has 1 N–H and O–H groups in total. The van der Waals surface area contributed by atoms with Crippen molar-refractivity contribution in [2.75, 3.05) is 0 Å². The molecule has 110 valence electrons. The number of hydrogen-bond acceptors (Lipinski definition) is 2. The number of aryl methyl sites for hydroxylation is 3. The maximum Gasteiger partial charge on any atom is 0.169 e. The summed E-state index contributed by atoms with van der Waals surface area (Å²) in [6.07, 6.45) is -0.779. The van der Waals surface area contributed by atoms with Gasteiger partial charge in [0, 0.05) is 11.5 Å². The molecular weight excluding hydrogens is 260 g/mol. The van der Waals surface area contributed by atoms with Crippen LogP contribution in [-0.2, 0) is 0 Å². The van der Waals surface area contributed by atoms with Crippen LogP contribution in [0.5, 0.6) is 0 Å². The summed E-state index contributed by atoms with van der Waals surface area (Å²) in [7, 11) is 0. The number of hydrogen-bond donors (Lipinski definition) is 1. The van der Waals surface area contributed by atoms with E-state index in [0.29, 0.717) is 0 Å². The van der Waals surface area contributed by atoms with E-state index < -0.39 is 12.0 Å². The number of carbonyl (C=O) groups excluding carboxylic acids is 1. The highest BCUT2D eigenvalue weighted by Gasteiger charge is 2.26. The third-order valence-electron chi connectivity index (χ3n) is 3.95. The quantitative estimate of drug-likeness (QED) is 0.855. The minimum absolute atomic E-state index is 0.00125. The first-order valence-electron chi connectivity index (χ1n) is 7.27. The molecule has 0 spiro atoms. The van der Waals surface area contributed by atoms with E-state index in [2.05, 4.69) is 0 Å². The average Bonchev–Trinajstić information content (AvgIpc) is 2.45. The molecule has 0 bridgehead atoms. The van der Waals surface area contributed by atoms with Crippen molar-refractivity contribution in [3.05, 3.63) is 70.3 Å². The first kappa shape index (κ1) is 15.5. The molecule has 0 aliphatic rings. The summed E-state index contributed by atoms with van der Waals surface area (Å²) in [5.74, 6) is -0.464. The van der Waals surface area contributed by atoms with E-state index in [1.165, 1.54) is 0 Å². The van der Waals surface area contributed by atoms with Gasteiger partial charge in [-0.05, 0) is 37.5 Å². The second-order valence-electron chi connectivity index (χ2n) is 5.78. The summed E-state index contributed by atoms with van der Waals surface area (Å²) in [6.45, 7) is 7.72. The van der Waals surface area contributed by atoms with Crippen molar-refractivity contribution < 1.29 is 9.90 Å². The van der Waals surface area contributed by atoms with Crippen LogP contribution in [-0.4, -0.2) is 10.9 Å². The van der Waals surface area contributed by atoms with Crippen molar-refractivity contribution in [1.29, 1.82) is 0 Å².